The first-order valence-electron chi connectivity index (χ1n) is 6.26. The van der Waals surface area contributed by atoms with Crippen LogP contribution in [-0.4, -0.2) is 18.8 Å². The molecule has 0 radical (unpaired) electrons. The van der Waals surface area contributed by atoms with Crippen LogP contribution < -0.4 is 5.73 Å². The maximum Gasteiger partial charge on any atom is 0.0776 e. The number of rotatable bonds is 5. The van der Waals surface area contributed by atoms with E-state index in [0.717, 1.165) is 6.42 Å². The monoisotopic (exact) mass is 235 g/mol. The molecule has 0 heterocycles. The van der Waals surface area contributed by atoms with Gasteiger partial charge in [0, 0.05) is 13.2 Å². The second-order valence-electron chi connectivity index (χ2n) is 5.51. The summed E-state index contributed by atoms with van der Waals surface area (Å²) in [5.74, 6) is 0.577. The SMILES string of the molecule is COC(C)(C)C(N)Cc1ccc(C(C)C)cc1. The highest BCUT2D eigenvalue weighted by atomic mass is 16.5. The predicted molar refractivity (Wildman–Crippen MR) is 73.3 cm³/mol. The van der Waals surface area contributed by atoms with E-state index in [1.165, 1.54) is 11.1 Å². The molecule has 0 spiro atoms. The summed E-state index contributed by atoms with van der Waals surface area (Å²) in [6, 6.07) is 8.72. The van der Waals surface area contributed by atoms with Gasteiger partial charge in [0.25, 0.3) is 0 Å². The Labute approximate surface area is 105 Å². The lowest BCUT2D eigenvalue weighted by Crippen LogP contribution is -2.46. The minimum atomic E-state index is -0.281. The van der Waals surface area contributed by atoms with Gasteiger partial charge >= 0.3 is 0 Å². The second kappa shape index (κ2) is 5.65. The van der Waals surface area contributed by atoms with E-state index in [0.29, 0.717) is 5.92 Å². The van der Waals surface area contributed by atoms with Crippen molar-refractivity contribution in [2.24, 2.45) is 5.73 Å². The van der Waals surface area contributed by atoms with Crippen LogP contribution in [0.3, 0.4) is 0 Å². The van der Waals surface area contributed by atoms with Gasteiger partial charge in [0.15, 0.2) is 0 Å². The van der Waals surface area contributed by atoms with Crippen LogP contribution in [0.4, 0.5) is 0 Å². The van der Waals surface area contributed by atoms with Gasteiger partial charge in [-0.15, -0.1) is 0 Å². The van der Waals surface area contributed by atoms with Crippen LogP contribution in [0.15, 0.2) is 24.3 Å². The smallest absolute Gasteiger partial charge is 0.0776 e. The number of ether oxygens (including phenoxy) is 1. The maximum atomic E-state index is 6.17. The van der Waals surface area contributed by atoms with E-state index < -0.39 is 0 Å². The van der Waals surface area contributed by atoms with E-state index in [-0.39, 0.29) is 11.6 Å². The Kier molecular flexibility index (Phi) is 4.72. The Bertz CT molecular complexity index is 340. The van der Waals surface area contributed by atoms with Gasteiger partial charge in [0.1, 0.15) is 0 Å². The zero-order valence-corrected chi connectivity index (χ0v) is 11.7. The topological polar surface area (TPSA) is 35.2 Å². The summed E-state index contributed by atoms with van der Waals surface area (Å²) in [5, 5.41) is 0. The fourth-order valence-corrected chi connectivity index (χ4v) is 1.69. The van der Waals surface area contributed by atoms with Gasteiger partial charge < -0.3 is 10.5 Å². The van der Waals surface area contributed by atoms with Crippen molar-refractivity contribution >= 4 is 0 Å². The molecule has 2 heteroatoms. The van der Waals surface area contributed by atoms with E-state index in [1.807, 2.05) is 13.8 Å². The van der Waals surface area contributed by atoms with E-state index in [1.54, 1.807) is 7.11 Å². The predicted octanol–water partition coefficient (Wildman–Crippen LogP) is 3.10. The molecule has 0 bridgehead atoms. The van der Waals surface area contributed by atoms with Gasteiger partial charge in [-0.3, -0.25) is 0 Å². The lowest BCUT2D eigenvalue weighted by molar-refractivity contribution is 0.000805. The van der Waals surface area contributed by atoms with Crippen LogP contribution in [0.5, 0.6) is 0 Å². The highest BCUT2D eigenvalue weighted by Gasteiger charge is 2.25. The third kappa shape index (κ3) is 3.83. The van der Waals surface area contributed by atoms with Gasteiger partial charge in [-0.2, -0.15) is 0 Å². The summed E-state index contributed by atoms with van der Waals surface area (Å²) >= 11 is 0. The number of hydrogen-bond acceptors (Lipinski definition) is 2. The fourth-order valence-electron chi connectivity index (χ4n) is 1.69. The fraction of sp³-hybridized carbons (Fsp3) is 0.600. The summed E-state index contributed by atoms with van der Waals surface area (Å²) in [6.07, 6.45) is 0.846. The molecule has 1 rings (SSSR count). The zero-order valence-electron chi connectivity index (χ0n) is 11.7. The molecule has 0 saturated carbocycles. The molecule has 17 heavy (non-hydrogen) atoms. The van der Waals surface area contributed by atoms with Crippen LogP contribution in [-0.2, 0) is 11.2 Å². The first kappa shape index (κ1) is 14.2. The molecule has 2 N–H and O–H groups in total. The first-order valence-corrected chi connectivity index (χ1v) is 6.26. The van der Waals surface area contributed by atoms with Crippen LogP contribution in [0.25, 0.3) is 0 Å². The molecule has 1 unspecified atom stereocenters. The highest BCUT2D eigenvalue weighted by molar-refractivity contribution is 5.25. The van der Waals surface area contributed by atoms with Crippen LogP contribution in [0.1, 0.15) is 44.7 Å². The van der Waals surface area contributed by atoms with Gasteiger partial charge in [0.05, 0.1) is 5.60 Å². The molecule has 96 valence electrons. The Morgan fingerprint density at radius 2 is 1.71 bits per heavy atom. The van der Waals surface area contributed by atoms with E-state index in [4.69, 9.17) is 10.5 Å². The molecule has 0 aliphatic carbocycles. The highest BCUT2D eigenvalue weighted by Crippen LogP contribution is 2.19. The summed E-state index contributed by atoms with van der Waals surface area (Å²) in [5.41, 5.74) is 8.53. The van der Waals surface area contributed by atoms with Crippen molar-refractivity contribution in [1.29, 1.82) is 0 Å². The minimum Gasteiger partial charge on any atom is -0.377 e. The molecule has 0 aromatic heterocycles. The van der Waals surface area contributed by atoms with Crippen molar-refractivity contribution in [2.45, 2.75) is 51.7 Å². The van der Waals surface area contributed by atoms with E-state index >= 15 is 0 Å². The normalized spacial score (nSPS) is 14.1. The van der Waals surface area contributed by atoms with E-state index in [9.17, 15) is 0 Å². The minimum absolute atomic E-state index is 0.0115. The lowest BCUT2D eigenvalue weighted by Gasteiger charge is -2.30. The molecular formula is C15H25NO. The number of benzene rings is 1. The van der Waals surface area contributed by atoms with Crippen molar-refractivity contribution in [2.75, 3.05) is 7.11 Å². The summed E-state index contributed by atoms with van der Waals surface area (Å²) in [6.45, 7) is 8.46. The average molecular weight is 235 g/mol. The molecular weight excluding hydrogens is 210 g/mol. The van der Waals surface area contributed by atoms with Gasteiger partial charge in [-0.25, -0.2) is 0 Å². The standard InChI is InChI=1S/C15H25NO/c1-11(2)13-8-6-12(7-9-13)10-14(16)15(3,4)17-5/h6-9,11,14H,10,16H2,1-5H3. The van der Waals surface area contributed by atoms with Crippen LogP contribution in [0, 0.1) is 0 Å². The largest absolute Gasteiger partial charge is 0.377 e. The molecule has 1 atom stereocenters. The van der Waals surface area contributed by atoms with Gasteiger partial charge in [0.2, 0.25) is 0 Å². The molecule has 1 aromatic rings. The molecule has 0 saturated heterocycles. The maximum absolute atomic E-state index is 6.17. The lowest BCUT2D eigenvalue weighted by atomic mass is 9.92. The van der Waals surface area contributed by atoms with Gasteiger partial charge in [-0.05, 0) is 37.3 Å². The Morgan fingerprint density at radius 1 is 1.18 bits per heavy atom. The van der Waals surface area contributed by atoms with E-state index in [2.05, 4.69) is 38.1 Å². The zero-order chi connectivity index (χ0) is 13.1. The molecule has 1 aromatic carbocycles. The molecule has 2 nitrogen and oxygen atoms in total. The molecule has 0 fully saturated rings. The average Bonchev–Trinajstić information content (AvgIpc) is 2.29. The Hall–Kier alpha value is -0.860. The van der Waals surface area contributed by atoms with Crippen LogP contribution >= 0.6 is 0 Å². The Balaban J connectivity index is 2.69. The summed E-state index contributed by atoms with van der Waals surface area (Å²) in [7, 11) is 1.71. The number of nitrogens with two attached hydrogens (primary N) is 1. The third-order valence-electron chi connectivity index (χ3n) is 3.52. The molecule has 0 aliphatic heterocycles. The van der Waals surface area contributed by atoms with Crippen molar-refractivity contribution in [1.82, 2.24) is 0 Å². The summed E-state index contributed by atoms with van der Waals surface area (Å²) in [4.78, 5) is 0. The number of methoxy groups -OCH3 is 1. The van der Waals surface area contributed by atoms with Crippen molar-refractivity contribution in [3.63, 3.8) is 0 Å². The van der Waals surface area contributed by atoms with Crippen LogP contribution in [0.2, 0.25) is 0 Å². The van der Waals surface area contributed by atoms with Crippen molar-refractivity contribution in [3.8, 4) is 0 Å². The quantitative estimate of drug-likeness (QED) is 0.851. The van der Waals surface area contributed by atoms with Gasteiger partial charge in [-0.1, -0.05) is 38.1 Å². The van der Waals surface area contributed by atoms with Crippen molar-refractivity contribution < 1.29 is 4.74 Å². The van der Waals surface area contributed by atoms with Crippen molar-refractivity contribution in [3.05, 3.63) is 35.4 Å². The second-order valence-corrected chi connectivity index (χ2v) is 5.51. The first-order chi connectivity index (χ1) is 7.86. The molecule has 0 aliphatic rings. The number of hydrogen-bond donors (Lipinski definition) is 1. The third-order valence-corrected chi connectivity index (χ3v) is 3.52. The Morgan fingerprint density at radius 3 is 2.12 bits per heavy atom. The summed E-state index contributed by atoms with van der Waals surface area (Å²) < 4.78 is 5.41. The molecule has 0 amide bonds.